The lowest BCUT2D eigenvalue weighted by Crippen LogP contribution is -2.19. The molecule has 3 rings (SSSR count). The van der Waals surface area contributed by atoms with E-state index in [1.807, 2.05) is 0 Å². The van der Waals surface area contributed by atoms with Gasteiger partial charge in [0.2, 0.25) is 0 Å². The summed E-state index contributed by atoms with van der Waals surface area (Å²) in [5, 5.41) is 6.93. The topological polar surface area (TPSA) is 88.7 Å². The normalized spacial score (nSPS) is 10.9. The number of nitrogens with one attached hydrogen (secondary N) is 3. The van der Waals surface area contributed by atoms with E-state index in [1.165, 1.54) is 30.3 Å². The van der Waals surface area contributed by atoms with Gasteiger partial charge in [0.25, 0.3) is 10.0 Å². The number of sulfonamides is 1. The van der Waals surface area contributed by atoms with E-state index in [0.717, 1.165) is 0 Å². The van der Waals surface area contributed by atoms with E-state index in [4.69, 9.17) is 44.9 Å². The number of halogens is 2. The van der Waals surface area contributed by atoms with Crippen LogP contribution >= 0.6 is 35.4 Å². The zero-order chi connectivity index (χ0) is 23.3. The number of methoxy groups -OCH3 is 2. The van der Waals surface area contributed by atoms with E-state index < -0.39 is 10.0 Å². The quantitative estimate of drug-likeness (QED) is 0.354. The summed E-state index contributed by atoms with van der Waals surface area (Å²) in [5.74, 6) is 1.22. The van der Waals surface area contributed by atoms with E-state index in [9.17, 15) is 8.42 Å². The van der Waals surface area contributed by atoms with Crippen LogP contribution in [0.15, 0.2) is 65.6 Å². The van der Waals surface area contributed by atoms with Gasteiger partial charge in [0.15, 0.2) is 5.11 Å². The summed E-state index contributed by atoms with van der Waals surface area (Å²) in [6.45, 7) is 0. The van der Waals surface area contributed by atoms with Crippen molar-refractivity contribution in [2.24, 2.45) is 0 Å². The molecule has 11 heteroatoms. The fourth-order valence-corrected chi connectivity index (χ4v) is 4.25. The van der Waals surface area contributed by atoms with Gasteiger partial charge in [-0.2, -0.15) is 0 Å². The van der Waals surface area contributed by atoms with Gasteiger partial charge in [-0.1, -0.05) is 23.2 Å². The molecule has 3 N–H and O–H groups in total. The molecule has 0 radical (unpaired) electrons. The Kier molecular flexibility index (Phi) is 7.68. The van der Waals surface area contributed by atoms with Crippen LogP contribution in [-0.2, 0) is 10.0 Å². The first-order valence-corrected chi connectivity index (χ1v) is 11.7. The molecule has 0 bridgehead atoms. The largest absolute Gasteiger partial charge is 0.497 e. The van der Waals surface area contributed by atoms with Gasteiger partial charge in [0.1, 0.15) is 11.5 Å². The van der Waals surface area contributed by atoms with Gasteiger partial charge < -0.3 is 20.1 Å². The highest BCUT2D eigenvalue weighted by Gasteiger charge is 2.15. The first-order valence-electron chi connectivity index (χ1n) is 9.09. The molecule has 3 aromatic rings. The van der Waals surface area contributed by atoms with Crippen molar-refractivity contribution in [3.05, 3.63) is 70.7 Å². The second-order valence-corrected chi connectivity index (χ2v) is 9.34. The molecule has 0 atom stereocenters. The van der Waals surface area contributed by atoms with Crippen molar-refractivity contribution in [3.63, 3.8) is 0 Å². The van der Waals surface area contributed by atoms with Gasteiger partial charge >= 0.3 is 0 Å². The lowest BCUT2D eigenvalue weighted by atomic mass is 10.3. The predicted octanol–water partition coefficient (Wildman–Crippen LogP) is 5.62. The Morgan fingerprint density at radius 3 is 1.91 bits per heavy atom. The minimum absolute atomic E-state index is 0.0746. The lowest BCUT2D eigenvalue weighted by molar-refractivity contribution is 0.395. The molecule has 0 amide bonds. The number of benzene rings is 3. The molecular formula is C21H19Cl2N3O4S2. The van der Waals surface area contributed by atoms with Crippen molar-refractivity contribution in [2.75, 3.05) is 29.6 Å². The van der Waals surface area contributed by atoms with Gasteiger partial charge in [-0.15, -0.1) is 0 Å². The molecule has 0 aromatic heterocycles. The van der Waals surface area contributed by atoms with Crippen molar-refractivity contribution in [1.29, 1.82) is 0 Å². The highest BCUT2D eigenvalue weighted by atomic mass is 35.5. The summed E-state index contributed by atoms with van der Waals surface area (Å²) in [6.07, 6.45) is 0. The minimum atomic E-state index is -3.81. The number of hydrogen-bond donors (Lipinski definition) is 3. The van der Waals surface area contributed by atoms with Crippen LogP contribution in [0.2, 0.25) is 10.0 Å². The molecular weight excluding hydrogens is 493 g/mol. The van der Waals surface area contributed by atoms with E-state index >= 15 is 0 Å². The maximum Gasteiger partial charge on any atom is 0.261 e. The van der Waals surface area contributed by atoms with Crippen LogP contribution in [0, 0.1) is 0 Å². The molecule has 0 fully saturated rings. The maximum atomic E-state index is 12.6. The number of rotatable bonds is 7. The van der Waals surface area contributed by atoms with E-state index in [2.05, 4.69) is 15.4 Å². The molecule has 0 saturated heterocycles. The molecule has 7 nitrogen and oxygen atoms in total. The molecule has 168 valence electrons. The van der Waals surface area contributed by atoms with Crippen LogP contribution in [0.5, 0.6) is 11.5 Å². The molecule has 32 heavy (non-hydrogen) atoms. The molecule has 0 aliphatic carbocycles. The maximum absolute atomic E-state index is 12.6. The number of thiocarbonyl (C=S) groups is 1. The summed E-state index contributed by atoms with van der Waals surface area (Å²) in [4.78, 5) is 0.0746. The minimum Gasteiger partial charge on any atom is -0.497 e. The second-order valence-electron chi connectivity index (χ2n) is 6.44. The van der Waals surface area contributed by atoms with E-state index in [0.29, 0.717) is 38.7 Å². The van der Waals surface area contributed by atoms with E-state index in [1.54, 1.807) is 44.6 Å². The molecule has 0 unspecified atom stereocenters. The van der Waals surface area contributed by atoms with Crippen LogP contribution in [0.25, 0.3) is 0 Å². The Morgan fingerprint density at radius 1 is 0.781 bits per heavy atom. The summed E-state index contributed by atoms with van der Waals surface area (Å²) >= 11 is 17.1. The predicted molar refractivity (Wildman–Crippen MR) is 133 cm³/mol. The average molecular weight is 512 g/mol. The standard InChI is InChI=1S/C21H19Cl2N3O4S2/c1-29-16-9-15(10-17(12-16)30-2)25-21(31)24-13-3-6-18(7-4-13)32(27,28)26-14-5-8-19(22)20(23)11-14/h3-12,26H,1-2H3,(H2,24,25,31). The molecule has 3 aromatic carbocycles. The first kappa shape index (κ1) is 23.9. The van der Waals surface area contributed by atoms with Gasteiger partial charge in [-0.3, -0.25) is 4.72 Å². The number of anilines is 3. The van der Waals surface area contributed by atoms with Crippen molar-refractivity contribution < 1.29 is 17.9 Å². The lowest BCUT2D eigenvalue weighted by Gasteiger charge is -2.13. The Hall–Kier alpha value is -2.72. The van der Waals surface area contributed by atoms with Gasteiger partial charge in [0.05, 0.1) is 34.8 Å². The van der Waals surface area contributed by atoms with Crippen molar-refractivity contribution >= 4 is 67.6 Å². The Bertz CT molecular complexity index is 1210. The zero-order valence-electron chi connectivity index (χ0n) is 17.0. The molecule has 0 heterocycles. The van der Waals surface area contributed by atoms with E-state index in [-0.39, 0.29) is 9.92 Å². The SMILES string of the molecule is COc1cc(NC(=S)Nc2ccc(S(=O)(=O)Nc3ccc(Cl)c(Cl)c3)cc2)cc(OC)c1. The van der Waals surface area contributed by atoms with Crippen molar-refractivity contribution in [1.82, 2.24) is 0 Å². The van der Waals surface area contributed by atoms with Crippen LogP contribution in [0.4, 0.5) is 17.1 Å². The van der Waals surface area contributed by atoms with Crippen molar-refractivity contribution in [2.45, 2.75) is 4.90 Å². The Balaban J connectivity index is 1.67. The third kappa shape index (κ3) is 6.17. The molecule has 0 aliphatic heterocycles. The number of hydrogen-bond acceptors (Lipinski definition) is 5. The summed E-state index contributed by atoms with van der Waals surface area (Å²) in [6, 6.07) is 15.9. The Morgan fingerprint density at radius 2 is 1.34 bits per heavy atom. The van der Waals surface area contributed by atoms with Crippen molar-refractivity contribution in [3.8, 4) is 11.5 Å². The third-order valence-electron chi connectivity index (χ3n) is 4.20. The smallest absolute Gasteiger partial charge is 0.261 e. The third-order valence-corrected chi connectivity index (χ3v) is 6.54. The van der Waals surface area contributed by atoms with Crippen LogP contribution in [-0.4, -0.2) is 27.7 Å². The second kappa shape index (κ2) is 10.3. The highest BCUT2D eigenvalue weighted by Crippen LogP contribution is 2.27. The molecule has 0 saturated carbocycles. The monoisotopic (exact) mass is 511 g/mol. The van der Waals surface area contributed by atoms with Crippen LogP contribution in [0.1, 0.15) is 0 Å². The average Bonchev–Trinajstić information content (AvgIpc) is 2.76. The summed E-state index contributed by atoms with van der Waals surface area (Å²) < 4.78 is 38.2. The van der Waals surface area contributed by atoms with Gasteiger partial charge in [-0.25, -0.2) is 8.42 Å². The zero-order valence-corrected chi connectivity index (χ0v) is 20.1. The van der Waals surface area contributed by atoms with Gasteiger partial charge in [0, 0.05) is 29.6 Å². The summed E-state index contributed by atoms with van der Waals surface area (Å²) in [5.41, 5.74) is 1.58. The Labute approximate surface area is 201 Å². The van der Waals surface area contributed by atoms with Gasteiger partial charge in [-0.05, 0) is 54.7 Å². The fourth-order valence-electron chi connectivity index (χ4n) is 2.66. The fraction of sp³-hybridized carbons (Fsp3) is 0.0952. The molecule has 0 aliphatic rings. The highest BCUT2D eigenvalue weighted by molar-refractivity contribution is 7.92. The number of ether oxygens (including phenoxy) is 2. The molecule has 0 spiro atoms. The van der Waals surface area contributed by atoms with Crippen LogP contribution < -0.4 is 24.8 Å². The summed E-state index contributed by atoms with van der Waals surface area (Å²) in [7, 11) is -0.695. The van der Waals surface area contributed by atoms with Crippen LogP contribution in [0.3, 0.4) is 0 Å². The first-order chi connectivity index (χ1) is 15.2.